The molecule has 2 aromatic carbocycles. The van der Waals surface area contributed by atoms with Crippen LogP contribution in [0, 0.1) is 17.8 Å². The highest BCUT2D eigenvalue weighted by Crippen LogP contribution is 2.65. The number of likely N-dealkylation sites (tertiary alicyclic amines) is 1. The van der Waals surface area contributed by atoms with Gasteiger partial charge in [-0.2, -0.15) is 0 Å². The molecule has 0 bridgehead atoms. The number of hydrogen-bond acceptors (Lipinski definition) is 5. The zero-order chi connectivity index (χ0) is 27.9. The molecule has 0 aromatic heterocycles. The van der Waals surface area contributed by atoms with E-state index in [0.29, 0.717) is 16.8 Å². The van der Waals surface area contributed by atoms with Gasteiger partial charge >= 0.3 is 0 Å². The monoisotopic (exact) mass is 628 g/mol. The Bertz CT molecular complexity index is 1480. The molecule has 1 saturated carbocycles. The Balaban J connectivity index is 1.49. The number of carbonyl (C=O) groups is 4. The molecule has 2 aliphatic carbocycles. The smallest absolute Gasteiger partial charge is 0.254 e. The zero-order valence-electron chi connectivity index (χ0n) is 20.5. The Morgan fingerprint density at radius 2 is 1.64 bits per heavy atom. The Morgan fingerprint density at radius 3 is 2.26 bits per heavy atom. The summed E-state index contributed by atoms with van der Waals surface area (Å²) in [5.74, 6) is -4.78. The van der Waals surface area contributed by atoms with Crippen LogP contribution in [0.25, 0.3) is 6.08 Å². The minimum atomic E-state index is -1.86. The number of alkyl halides is 3. The Labute approximate surface area is 243 Å². The summed E-state index contributed by atoms with van der Waals surface area (Å²) in [6.07, 6.45) is 3.76. The molecule has 0 radical (unpaired) electrons. The average Bonchev–Trinajstić information content (AvgIpc) is 3.27. The standard InChI is InChI=1S/C29H23BrCl2N2O5/c1-2-15-3-7-17(8-4-15)34-24(36)20-12-11-19-21(22(20)25(34)37)13-28(31)26(38)33(14-30)27(39)29(28,32)23(19)16-5-9-18(35)10-6-16/h2-11,20-23,35H,1,12-14H2/t20-,21+,22-,23-,28+,29-/m0/s1. The fourth-order valence-corrected chi connectivity index (χ4v) is 8.23. The van der Waals surface area contributed by atoms with Crippen LogP contribution in [-0.4, -0.2) is 48.8 Å². The summed E-state index contributed by atoms with van der Waals surface area (Å²) in [5, 5.41) is 9.92. The predicted octanol–water partition coefficient (Wildman–Crippen LogP) is 4.95. The lowest BCUT2D eigenvalue weighted by molar-refractivity contribution is -0.138. The normalized spacial score (nSPS) is 33.6. The summed E-state index contributed by atoms with van der Waals surface area (Å²) in [4.78, 5) is 53.4. The SMILES string of the molecule is C=Cc1ccc(N2C(=O)[C@H]3[C@H](CC=C4[C@H]3C[C@@]3(Cl)C(=O)N(CBr)C(=O)[C@@]3(Cl)[C@H]4c3ccc(O)cc3)C2=O)cc1. The summed E-state index contributed by atoms with van der Waals surface area (Å²) in [7, 11) is 0. The number of nitrogens with zero attached hydrogens (tertiary/aromatic N) is 2. The quantitative estimate of drug-likeness (QED) is 0.224. The number of fused-ring (bicyclic) bond motifs is 4. The number of hydrogen-bond donors (Lipinski definition) is 1. The van der Waals surface area contributed by atoms with Gasteiger partial charge in [0.15, 0.2) is 9.75 Å². The molecular weight excluding hydrogens is 607 g/mol. The highest BCUT2D eigenvalue weighted by atomic mass is 79.9. The second-order valence-corrected chi connectivity index (χ2v) is 12.1. The van der Waals surface area contributed by atoms with E-state index < -0.39 is 45.2 Å². The lowest BCUT2D eigenvalue weighted by Gasteiger charge is -2.50. The number of phenols is 1. The molecule has 3 fully saturated rings. The molecule has 2 saturated heterocycles. The molecule has 2 aromatic rings. The van der Waals surface area contributed by atoms with Gasteiger partial charge in [0.05, 0.1) is 23.0 Å². The van der Waals surface area contributed by atoms with Crippen molar-refractivity contribution in [1.82, 2.24) is 4.90 Å². The molecular formula is C29H23BrCl2N2O5. The fraction of sp³-hybridized carbons (Fsp3) is 0.310. The summed E-state index contributed by atoms with van der Waals surface area (Å²) in [6.45, 7) is 3.74. The van der Waals surface area contributed by atoms with Crippen LogP contribution in [0.15, 0.2) is 66.8 Å². The van der Waals surface area contributed by atoms with Crippen molar-refractivity contribution in [1.29, 1.82) is 0 Å². The number of benzene rings is 2. The van der Waals surface area contributed by atoms with Gasteiger partial charge < -0.3 is 5.11 Å². The second-order valence-electron chi connectivity index (χ2n) is 10.4. The van der Waals surface area contributed by atoms with E-state index in [0.717, 1.165) is 10.5 Å². The Kier molecular flexibility index (Phi) is 6.10. The van der Waals surface area contributed by atoms with E-state index in [4.69, 9.17) is 23.2 Å². The summed E-state index contributed by atoms with van der Waals surface area (Å²) in [5.41, 5.74) is 2.51. The summed E-state index contributed by atoms with van der Waals surface area (Å²) >= 11 is 17.6. The van der Waals surface area contributed by atoms with Crippen molar-refractivity contribution < 1.29 is 24.3 Å². The van der Waals surface area contributed by atoms with Gasteiger partial charge in [-0.3, -0.25) is 29.0 Å². The molecule has 6 atom stereocenters. The first-order valence-corrected chi connectivity index (χ1v) is 14.4. The lowest BCUT2D eigenvalue weighted by Crippen LogP contribution is -2.60. The number of rotatable bonds is 4. The molecule has 0 spiro atoms. The van der Waals surface area contributed by atoms with Crippen LogP contribution in [0.2, 0.25) is 0 Å². The van der Waals surface area contributed by atoms with Gasteiger partial charge in [-0.25, -0.2) is 0 Å². The van der Waals surface area contributed by atoms with E-state index in [1.807, 2.05) is 6.08 Å². The number of imide groups is 2. The van der Waals surface area contributed by atoms with Crippen molar-refractivity contribution >= 4 is 74.5 Å². The van der Waals surface area contributed by atoms with Crippen LogP contribution in [0.4, 0.5) is 5.69 Å². The maximum absolute atomic E-state index is 14.0. The summed E-state index contributed by atoms with van der Waals surface area (Å²) < 4.78 is 0. The zero-order valence-corrected chi connectivity index (χ0v) is 23.6. The molecule has 200 valence electrons. The van der Waals surface area contributed by atoms with Crippen molar-refractivity contribution in [3.05, 3.63) is 77.9 Å². The maximum Gasteiger partial charge on any atom is 0.254 e. The first-order valence-electron chi connectivity index (χ1n) is 12.5. The number of phenolic OH excluding ortho intramolecular Hbond substituents is 1. The highest BCUT2D eigenvalue weighted by molar-refractivity contribution is 9.09. The molecule has 6 rings (SSSR count). The number of amides is 4. The number of halogens is 3. The third-order valence-electron chi connectivity index (χ3n) is 8.63. The van der Waals surface area contributed by atoms with Gasteiger partial charge in [0.2, 0.25) is 11.8 Å². The molecule has 7 nitrogen and oxygen atoms in total. The lowest BCUT2D eigenvalue weighted by atomic mass is 9.56. The first-order chi connectivity index (χ1) is 18.6. The molecule has 1 N–H and O–H groups in total. The minimum Gasteiger partial charge on any atom is -0.508 e. The van der Waals surface area contributed by atoms with Crippen LogP contribution in [0.3, 0.4) is 0 Å². The van der Waals surface area contributed by atoms with Gasteiger partial charge in [-0.1, -0.05) is 64.5 Å². The van der Waals surface area contributed by atoms with Crippen LogP contribution in [0.1, 0.15) is 29.9 Å². The van der Waals surface area contributed by atoms with Gasteiger partial charge in [0.1, 0.15) is 5.75 Å². The van der Waals surface area contributed by atoms with Crippen molar-refractivity contribution in [2.24, 2.45) is 17.8 Å². The third kappa shape index (κ3) is 3.41. The van der Waals surface area contributed by atoms with Crippen LogP contribution < -0.4 is 4.90 Å². The van der Waals surface area contributed by atoms with E-state index >= 15 is 0 Å². The second kappa shape index (κ2) is 9.04. The minimum absolute atomic E-state index is 0.0233. The maximum atomic E-state index is 14.0. The van der Waals surface area contributed by atoms with E-state index in [2.05, 4.69) is 22.5 Å². The molecule has 10 heteroatoms. The van der Waals surface area contributed by atoms with E-state index in [1.165, 1.54) is 17.0 Å². The molecule has 4 aliphatic rings. The topological polar surface area (TPSA) is 95.0 Å². The summed E-state index contributed by atoms with van der Waals surface area (Å²) in [6, 6.07) is 13.2. The van der Waals surface area contributed by atoms with E-state index in [9.17, 15) is 24.3 Å². The number of anilines is 1. The van der Waals surface area contributed by atoms with Crippen molar-refractivity contribution in [3.8, 4) is 5.75 Å². The first kappa shape index (κ1) is 26.3. The van der Waals surface area contributed by atoms with Crippen molar-refractivity contribution in [2.75, 3.05) is 10.4 Å². The molecule has 2 aliphatic heterocycles. The van der Waals surface area contributed by atoms with Crippen molar-refractivity contribution in [2.45, 2.75) is 28.5 Å². The third-order valence-corrected chi connectivity index (χ3v) is 10.5. The van der Waals surface area contributed by atoms with Crippen LogP contribution in [0.5, 0.6) is 5.75 Å². The molecule has 39 heavy (non-hydrogen) atoms. The number of carbonyl (C=O) groups excluding carboxylic acids is 4. The van der Waals surface area contributed by atoms with E-state index in [-0.39, 0.29) is 35.9 Å². The van der Waals surface area contributed by atoms with Crippen LogP contribution >= 0.6 is 39.1 Å². The largest absolute Gasteiger partial charge is 0.508 e. The highest BCUT2D eigenvalue weighted by Gasteiger charge is 2.76. The Morgan fingerprint density at radius 1 is 0.974 bits per heavy atom. The number of aromatic hydroxyl groups is 1. The predicted molar refractivity (Wildman–Crippen MR) is 150 cm³/mol. The fourth-order valence-electron chi connectivity index (χ4n) is 6.81. The number of allylic oxidation sites excluding steroid dienone is 2. The van der Waals surface area contributed by atoms with Crippen LogP contribution in [-0.2, 0) is 19.2 Å². The Hall–Kier alpha value is -2.94. The molecule has 2 heterocycles. The van der Waals surface area contributed by atoms with E-state index in [1.54, 1.807) is 42.5 Å². The average molecular weight is 630 g/mol. The molecule has 4 amide bonds. The van der Waals surface area contributed by atoms with Gasteiger partial charge in [-0.05, 0) is 54.2 Å². The van der Waals surface area contributed by atoms with Crippen molar-refractivity contribution in [3.63, 3.8) is 0 Å². The van der Waals surface area contributed by atoms with Gasteiger partial charge in [-0.15, -0.1) is 23.2 Å². The van der Waals surface area contributed by atoms with Gasteiger partial charge in [0.25, 0.3) is 11.8 Å². The van der Waals surface area contributed by atoms with Gasteiger partial charge in [0, 0.05) is 5.92 Å². The molecule has 0 unspecified atom stereocenters.